The number of ether oxygens (including phenoxy) is 2. The lowest BCUT2D eigenvalue weighted by molar-refractivity contribution is -0.162. The van der Waals surface area contributed by atoms with Crippen molar-refractivity contribution in [3.8, 4) is 0 Å². The number of esters is 2. The number of hydrogen-bond acceptors (Lipinski definition) is 5. The van der Waals surface area contributed by atoms with Gasteiger partial charge in [0.2, 0.25) is 5.41 Å². The maximum Gasteiger partial charge on any atom is 0.332 e. The minimum atomic E-state index is -1.58. The zero-order valence-electron chi connectivity index (χ0n) is 16.5. The summed E-state index contributed by atoms with van der Waals surface area (Å²) < 4.78 is 10.7. The number of nitrogens with zero attached hydrogens (tertiary/aromatic N) is 1. The zero-order valence-corrected chi connectivity index (χ0v) is 16.5. The smallest absolute Gasteiger partial charge is 0.332 e. The maximum atomic E-state index is 13.2. The molecule has 5 heteroatoms. The summed E-state index contributed by atoms with van der Waals surface area (Å²) in [6.07, 6.45) is 1.91. The Morgan fingerprint density at radius 3 is 2.07 bits per heavy atom. The molecular formula is C23H25NO4. The van der Waals surface area contributed by atoms with Crippen LogP contribution < -0.4 is 4.90 Å². The lowest BCUT2D eigenvalue weighted by Gasteiger charge is -2.31. The van der Waals surface area contributed by atoms with E-state index in [0.717, 1.165) is 11.3 Å². The predicted octanol–water partition coefficient (Wildman–Crippen LogP) is 3.58. The molecule has 0 bridgehead atoms. The first-order valence-corrected chi connectivity index (χ1v) is 9.46. The van der Waals surface area contributed by atoms with Gasteiger partial charge in [-0.2, -0.15) is 0 Å². The molecule has 146 valence electrons. The van der Waals surface area contributed by atoms with Gasteiger partial charge in [-0.15, -0.1) is 0 Å². The monoisotopic (exact) mass is 379 g/mol. The fourth-order valence-electron chi connectivity index (χ4n) is 3.67. The third kappa shape index (κ3) is 3.28. The highest BCUT2D eigenvalue weighted by Crippen LogP contribution is 2.44. The van der Waals surface area contributed by atoms with Crippen molar-refractivity contribution in [3.05, 3.63) is 71.3 Å². The van der Waals surface area contributed by atoms with Crippen LogP contribution >= 0.6 is 0 Å². The molecule has 2 aromatic rings. The standard InChI is InChI=1S/C23H25NO4/c1-4-27-21(25)23(22(26)28-5-2)18(15-17-11-9-10-14-20(17)23)16-24(3)19-12-7-6-8-13-19/h6-15H,4-5,16H2,1-3H3. The number of hydrogen-bond donors (Lipinski definition) is 0. The second kappa shape index (κ2) is 8.30. The van der Waals surface area contributed by atoms with Crippen molar-refractivity contribution in [1.82, 2.24) is 0 Å². The van der Waals surface area contributed by atoms with Gasteiger partial charge in [0.25, 0.3) is 0 Å². The highest BCUT2D eigenvalue weighted by Gasteiger charge is 2.57. The molecule has 0 radical (unpaired) electrons. The summed E-state index contributed by atoms with van der Waals surface area (Å²) in [5.41, 5.74) is 1.51. The van der Waals surface area contributed by atoms with E-state index < -0.39 is 17.4 Å². The number of benzene rings is 2. The Labute approximate surface area is 165 Å². The number of carbonyl (C=O) groups excluding carboxylic acids is 2. The van der Waals surface area contributed by atoms with E-state index in [1.807, 2.05) is 66.6 Å². The summed E-state index contributed by atoms with van der Waals surface area (Å²) in [4.78, 5) is 28.4. The number of fused-ring (bicyclic) bond motifs is 1. The molecule has 1 aliphatic carbocycles. The van der Waals surface area contributed by atoms with Gasteiger partial charge in [0.15, 0.2) is 0 Å². The van der Waals surface area contributed by atoms with Crippen LogP contribution in [0.1, 0.15) is 25.0 Å². The minimum Gasteiger partial charge on any atom is -0.465 e. The third-order valence-electron chi connectivity index (χ3n) is 4.94. The molecule has 0 N–H and O–H groups in total. The number of para-hydroxylation sites is 1. The van der Waals surface area contributed by atoms with Gasteiger partial charge in [-0.25, -0.2) is 0 Å². The minimum absolute atomic E-state index is 0.184. The fourth-order valence-corrected chi connectivity index (χ4v) is 3.67. The molecule has 2 aromatic carbocycles. The van der Waals surface area contributed by atoms with Crippen molar-refractivity contribution in [2.24, 2.45) is 0 Å². The quantitative estimate of drug-likeness (QED) is 0.544. The van der Waals surface area contributed by atoms with Crippen LogP contribution in [0.15, 0.2) is 60.2 Å². The van der Waals surface area contributed by atoms with Crippen LogP contribution in [0.2, 0.25) is 0 Å². The highest BCUT2D eigenvalue weighted by molar-refractivity contribution is 6.13. The lowest BCUT2D eigenvalue weighted by atomic mass is 9.76. The van der Waals surface area contributed by atoms with Crippen molar-refractivity contribution >= 4 is 23.7 Å². The van der Waals surface area contributed by atoms with Crippen molar-refractivity contribution in [1.29, 1.82) is 0 Å². The Kier molecular flexibility index (Phi) is 5.83. The predicted molar refractivity (Wildman–Crippen MR) is 109 cm³/mol. The summed E-state index contributed by atoms with van der Waals surface area (Å²) in [6, 6.07) is 17.2. The molecule has 0 unspecified atom stereocenters. The molecule has 0 aliphatic heterocycles. The summed E-state index contributed by atoms with van der Waals surface area (Å²) in [5, 5.41) is 0. The van der Waals surface area contributed by atoms with Crippen LogP contribution in [0.3, 0.4) is 0 Å². The molecule has 28 heavy (non-hydrogen) atoms. The van der Waals surface area contributed by atoms with Gasteiger partial charge in [0.05, 0.1) is 13.2 Å². The number of rotatable bonds is 7. The van der Waals surface area contributed by atoms with Crippen molar-refractivity contribution in [2.75, 3.05) is 31.7 Å². The molecule has 0 spiro atoms. The van der Waals surface area contributed by atoms with Crippen LogP contribution in [0.5, 0.6) is 0 Å². The van der Waals surface area contributed by atoms with Crippen molar-refractivity contribution in [3.63, 3.8) is 0 Å². The molecule has 0 atom stereocenters. The molecule has 0 amide bonds. The first kappa shape index (κ1) is 19.7. The Morgan fingerprint density at radius 1 is 0.893 bits per heavy atom. The van der Waals surface area contributed by atoms with E-state index >= 15 is 0 Å². The van der Waals surface area contributed by atoms with Gasteiger partial charge < -0.3 is 14.4 Å². The second-order valence-corrected chi connectivity index (χ2v) is 6.64. The zero-order chi connectivity index (χ0) is 20.1. The maximum absolute atomic E-state index is 13.2. The topological polar surface area (TPSA) is 55.8 Å². The van der Waals surface area contributed by atoms with Gasteiger partial charge in [0.1, 0.15) is 0 Å². The molecule has 0 aromatic heterocycles. The first-order valence-electron chi connectivity index (χ1n) is 9.46. The van der Waals surface area contributed by atoms with E-state index in [-0.39, 0.29) is 13.2 Å². The molecule has 0 saturated carbocycles. The number of likely N-dealkylation sites (N-methyl/N-ethyl adjacent to an activating group) is 1. The van der Waals surface area contributed by atoms with Gasteiger partial charge in [-0.1, -0.05) is 48.5 Å². The summed E-state index contributed by atoms with van der Waals surface area (Å²) in [5.74, 6) is -1.18. The van der Waals surface area contributed by atoms with Gasteiger partial charge in [0, 0.05) is 19.3 Å². The van der Waals surface area contributed by atoms with E-state index in [0.29, 0.717) is 17.7 Å². The van der Waals surface area contributed by atoms with Crippen LogP contribution in [0.25, 0.3) is 6.08 Å². The van der Waals surface area contributed by atoms with Gasteiger partial charge in [-0.3, -0.25) is 9.59 Å². The molecule has 0 saturated heterocycles. The summed E-state index contributed by atoms with van der Waals surface area (Å²) in [7, 11) is 1.93. The lowest BCUT2D eigenvalue weighted by Crippen LogP contribution is -2.48. The molecule has 5 nitrogen and oxygen atoms in total. The Bertz CT molecular complexity index is 870. The van der Waals surface area contributed by atoms with E-state index in [2.05, 4.69) is 0 Å². The van der Waals surface area contributed by atoms with Crippen LogP contribution in [0, 0.1) is 0 Å². The Morgan fingerprint density at radius 2 is 1.46 bits per heavy atom. The highest BCUT2D eigenvalue weighted by atomic mass is 16.6. The SMILES string of the molecule is CCOC(=O)C1(C(=O)OCC)C(CN(C)c2ccccc2)=Cc2ccccc21. The van der Waals surface area contributed by atoms with E-state index in [1.54, 1.807) is 19.9 Å². The molecule has 0 fully saturated rings. The second-order valence-electron chi connectivity index (χ2n) is 6.64. The number of carbonyl (C=O) groups is 2. The molecule has 3 rings (SSSR count). The van der Waals surface area contributed by atoms with Crippen LogP contribution in [0.4, 0.5) is 5.69 Å². The average Bonchev–Trinajstić information content (AvgIpc) is 3.03. The first-order chi connectivity index (χ1) is 13.6. The molecular weight excluding hydrogens is 354 g/mol. The van der Waals surface area contributed by atoms with Gasteiger partial charge in [-0.05, 0) is 42.7 Å². The van der Waals surface area contributed by atoms with Gasteiger partial charge >= 0.3 is 11.9 Å². The summed E-state index contributed by atoms with van der Waals surface area (Å²) >= 11 is 0. The fraction of sp³-hybridized carbons (Fsp3) is 0.304. The van der Waals surface area contributed by atoms with Crippen LogP contribution in [-0.2, 0) is 24.5 Å². The number of anilines is 1. The Hall–Kier alpha value is -3.08. The van der Waals surface area contributed by atoms with Crippen molar-refractivity contribution in [2.45, 2.75) is 19.3 Å². The molecule has 0 heterocycles. The van der Waals surface area contributed by atoms with Crippen molar-refractivity contribution < 1.29 is 19.1 Å². The average molecular weight is 379 g/mol. The van der Waals surface area contributed by atoms with E-state index in [4.69, 9.17) is 9.47 Å². The van der Waals surface area contributed by atoms with E-state index in [9.17, 15) is 9.59 Å². The Balaban J connectivity index is 2.10. The summed E-state index contributed by atoms with van der Waals surface area (Å²) in [6.45, 7) is 4.22. The largest absolute Gasteiger partial charge is 0.465 e. The van der Waals surface area contributed by atoms with E-state index in [1.165, 1.54) is 0 Å². The normalized spacial score (nSPS) is 14.0. The van der Waals surface area contributed by atoms with Crippen LogP contribution in [-0.4, -0.2) is 38.7 Å². The molecule has 1 aliphatic rings. The third-order valence-corrected chi connectivity index (χ3v) is 4.94.